The predicted octanol–water partition coefficient (Wildman–Crippen LogP) is 1.00. The van der Waals surface area contributed by atoms with Gasteiger partial charge in [0.25, 0.3) is 0 Å². The van der Waals surface area contributed by atoms with Crippen LogP contribution in [-0.2, 0) is 20.4 Å². The zero-order valence-corrected chi connectivity index (χ0v) is 12.1. The Balaban J connectivity index is 1.88. The SMILES string of the molecule is CC(C(=O)N1CCCC1)S(=O)CC1(CC(=O)O)CC1. The summed E-state index contributed by atoms with van der Waals surface area (Å²) in [5, 5.41) is 8.34. The number of amides is 1. The standard InChI is InChI=1S/C13H21NO4S/c1-10(12(17)14-6-2-3-7-14)19(18)9-13(4-5-13)8-11(15)16/h10H,2-9H2,1H3,(H,15,16). The maximum absolute atomic E-state index is 12.2. The molecule has 19 heavy (non-hydrogen) atoms. The quantitative estimate of drug-likeness (QED) is 0.791. The summed E-state index contributed by atoms with van der Waals surface area (Å²) in [6.07, 6.45) is 3.75. The molecule has 1 saturated heterocycles. The molecule has 1 N–H and O–H groups in total. The van der Waals surface area contributed by atoms with Crippen molar-refractivity contribution in [3.63, 3.8) is 0 Å². The maximum Gasteiger partial charge on any atom is 0.303 e. The van der Waals surface area contributed by atoms with Crippen LogP contribution in [0.4, 0.5) is 0 Å². The molecule has 108 valence electrons. The van der Waals surface area contributed by atoms with E-state index in [9.17, 15) is 13.8 Å². The number of rotatable bonds is 6. The summed E-state index contributed by atoms with van der Waals surface area (Å²) in [7, 11) is -1.27. The van der Waals surface area contributed by atoms with E-state index in [4.69, 9.17) is 5.11 Å². The number of aliphatic carboxylic acids is 1. The highest BCUT2D eigenvalue weighted by atomic mass is 32.2. The average Bonchev–Trinajstić information content (AvgIpc) is 2.90. The lowest BCUT2D eigenvalue weighted by Gasteiger charge is -2.21. The molecule has 0 aromatic heterocycles. The van der Waals surface area contributed by atoms with Crippen molar-refractivity contribution in [1.82, 2.24) is 4.90 Å². The van der Waals surface area contributed by atoms with Gasteiger partial charge in [0.2, 0.25) is 5.91 Å². The number of carboxylic acid groups (broad SMARTS) is 1. The Bertz CT molecular complexity index is 399. The van der Waals surface area contributed by atoms with E-state index in [1.54, 1.807) is 11.8 Å². The molecule has 0 aromatic rings. The molecule has 2 rings (SSSR count). The fourth-order valence-corrected chi connectivity index (χ4v) is 4.22. The summed E-state index contributed by atoms with van der Waals surface area (Å²) in [6, 6.07) is 0. The second-order valence-electron chi connectivity index (χ2n) is 5.77. The van der Waals surface area contributed by atoms with Crippen LogP contribution in [0, 0.1) is 5.41 Å². The van der Waals surface area contributed by atoms with Crippen LogP contribution in [0.15, 0.2) is 0 Å². The molecule has 1 saturated carbocycles. The van der Waals surface area contributed by atoms with Crippen molar-refractivity contribution in [3.05, 3.63) is 0 Å². The Hall–Kier alpha value is -0.910. The van der Waals surface area contributed by atoms with Gasteiger partial charge in [0.05, 0.1) is 6.42 Å². The third-order valence-electron chi connectivity index (χ3n) is 4.09. The molecular formula is C13H21NO4S. The molecule has 0 spiro atoms. The lowest BCUT2D eigenvalue weighted by Crippen LogP contribution is -2.39. The number of carboxylic acids is 1. The van der Waals surface area contributed by atoms with Crippen LogP contribution in [0.3, 0.4) is 0 Å². The van der Waals surface area contributed by atoms with Gasteiger partial charge >= 0.3 is 5.97 Å². The maximum atomic E-state index is 12.2. The van der Waals surface area contributed by atoms with Crippen LogP contribution in [0.5, 0.6) is 0 Å². The minimum absolute atomic E-state index is 0.0399. The van der Waals surface area contributed by atoms with Gasteiger partial charge in [-0.15, -0.1) is 0 Å². The first kappa shape index (κ1) is 14.5. The number of carbonyl (C=O) groups excluding carboxylic acids is 1. The Morgan fingerprint density at radius 1 is 1.32 bits per heavy atom. The minimum Gasteiger partial charge on any atom is -0.481 e. The van der Waals surface area contributed by atoms with Gasteiger partial charge in [-0.25, -0.2) is 0 Å². The fraction of sp³-hybridized carbons (Fsp3) is 0.846. The zero-order chi connectivity index (χ0) is 14.0. The first-order chi connectivity index (χ1) is 8.93. The monoisotopic (exact) mass is 287 g/mol. The smallest absolute Gasteiger partial charge is 0.303 e. The summed E-state index contributed by atoms with van der Waals surface area (Å²) in [5.74, 6) is -0.532. The molecule has 1 aliphatic carbocycles. The third kappa shape index (κ3) is 3.55. The number of hydrogen-bond acceptors (Lipinski definition) is 3. The highest BCUT2D eigenvalue weighted by Crippen LogP contribution is 2.49. The molecule has 0 aromatic carbocycles. The second kappa shape index (κ2) is 5.61. The van der Waals surface area contributed by atoms with Crippen molar-refractivity contribution in [2.45, 2.75) is 44.3 Å². The van der Waals surface area contributed by atoms with Crippen molar-refractivity contribution < 1.29 is 18.9 Å². The van der Waals surface area contributed by atoms with E-state index in [0.717, 1.165) is 38.8 Å². The Morgan fingerprint density at radius 2 is 1.89 bits per heavy atom. The molecule has 2 fully saturated rings. The number of nitrogens with zero attached hydrogens (tertiary/aromatic N) is 1. The van der Waals surface area contributed by atoms with Crippen molar-refractivity contribution in [3.8, 4) is 0 Å². The summed E-state index contributed by atoms with van der Waals surface area (Å²) in [6.45, 7) is 3.23. The van der Waals surface area contributed by atoms with Gasteiger partial charge in [-0.3, -0.25) is 13.8 Å². The van der Waals surface area contributed by atoms with Crippen molar-refractivity contribution in [2.24, 2.45) is 5.41 Å². The first-order valence-electron chi connectivity index (χ1n) is 6.81. The molecule has 2 aliphatic rings. The Kier molecular flexibility index (Phi) is 4.28. The molecule has 1 heterocycles. The van der Waals surface area contributed by atoms with E-state index >= 15 is 0 Å². The highest BCUT2D eigenvalue weighted by molar-refractivity contribution is 7.86. The van der Waals surface area contributed by atoms with Gasteiger partial charge < -0.3 is 10.0 Å². The van der Waals surface area contributed by atoms with Crippen LogP contribution in [-0.4, -0.2) is 50.2 Å². The summed E-state index contributed by atoms with van der Waals surface area (Å²) in [4.78, 5) is 24.7. The molecule has 0 bridgehead atoms. The molecule has 2 unspecified atom stereocenters. The van der Waals surface area contributed by atoms with Gasteiger partial charge in [-0.1, -0.05) is 0 Å². The van der Waals surface area contributed by atoms with Gasteiger partial charge in [-0.05, 0) is 38.0 Å². The van der Waals surface area contributed by atoms with Crippen molar-refractivity contribution in [2.75, 3.05) is 18.8 Å². The van der Waals surface area contributed by atoms with E-state index in [2.05, 4.69) is 0 Å². The predicted molar refractivity (Wildman–Crippen MR) is 72.2 cm³/mol. The van der Waals surface area contributed by atoms with Crippen LogP contribution < -0.4 is 0 Å². The van der Waals surface area contributed by atoms with E-state index in [-0.39, 0.29) is 17.7 Å². The van der Waals surface area contributed by atoms with Crippen molar-refractivity contribution in [1.29, 1.82) is 0 Å². The largest absolute Gasteiger partial charge is 0.481 e. The van der Waals surface area contributed by atoms with Gasteiger partial charge in [0.15, 0.2) is 0 Å². The van der Waals surface area contributed by atoms with Gasteiger partial charge in [-0.2, -0.15) is 0 Å². The minimum atomic E-state index is -1.27. The van der Waals surface area contributed by atoms with Crippen LogP contribution in [0.25, 0.3) is 0 Å². The second-order valence-corrected chi connectivity index (χ2v) is 7.53. The van der Waals surface area contributed by atoms with E-state index < -0.39 is 22.0 Å². The van der Waals surface area contributed by atoms with E-state index in [1.807, 2.05) is 0 Å². The molecule has 1 amide bonds. The average molecular weight is 287 g/mol. The Morgan fingerprint density at radius 3 is 2.37 bits per heavy atom. The van der Waals surface area contributed by atoms with Crippen LogP contribution >= 0.6 is 0 Å². The summed E-state index contributed by atoms with van der Waals surface area (Å²) < 4.78 is 12.2. The normalized spacial score (nSPS) is 23.9. The fourth-order valence-electron chi connectivity index (χ4n) is 2.60. The first-order valence-corrected chi connectivity index (χ1v) is 8.19. The van der Waals surface area contributed by atoms with E-state index in [1.165, 1.54) is 0 Å². The third-order valence-corrected chi connectivity index (χ3v) is 5.98. The Labute approximate surface area is 115 Å². The van der Waals surface area contributed by atoms with Gasteiger partial charge in [0.1, 0.15) is 5.25 Å². The lowest BCUT2D eigenvalue weighted by molar-refractivity contribution is -0.138. The molecule has 6 heteroatoms. The molecule has 5 nitrogen and oxygen atoms in total. The lowest BCUT2D eigenvalue weighted by atomic mass is 10.1. The molecule has 0 radical (unpaired) electrons. The van der Waals surface area contributed by atoms with Crippen molar-refractivity contribution >= 4 is 22.7 Å². The topological polar surface area (TPSA) is 74.7 Å². The number of carbonyl (C=O) groups is 2. The summed E-state index contributed by atoms with van der Waals surface area (Å²) >= 11 is 0. The van der Waals surface area contributed by atoms with Crippen LogP contribution in [0.2, 0.25) is 0 Å². The van der Waals surface area contributed by atoms with Gasteiger partial charge in [0, 0.05) is 29.6 Å². The number of hydrogen-bond donors (Lipinski definition) is 1. The summed E-state index contributed by atoms with van der Waals surface area (Å²) in [5.41, 5.74) is -0.309. The molecular weight excluding hydrogens is 266 g/mol. The number of likely N-dealkylation sites (tertiary alicyclic amines) is 1. The van der Waals surface area contributed by atoms with E-state index in [0.29, 0.717) is 5.75 Å². The van der Waals surface area contributed by atoms with Crippen LogP contribution in [0.1, 0.15) is 39.0 Å². The molecule has 1 aliphatic heterocycles. The highest BCUT2D eigenvalue weighted by Gasteiger charge is 2.46. The molecule has 2 atom stereocenters. The zero-order valence-electron chi connectivity index (χ0n) is 11.3.